The second-order valence-corrected chi connectivity index (χ2v) is 8.43. The van der Waals surface area contributed by atoms with Crippen LogP contribution in [0.5, 0.6) is 11.5 Å². The number of amides is 1. The van der Waals surface area contributed by atoms with Crippen LogP contribution in [0.15, 0.2) is 60.0 Å². The molecule has 0 atom stereocenters. The zero-order chi connectivity index (χ0) is 24.1. The summed E-state index contributed by atoms with van der Waals surface area (Å²) in [6.07, 6.45) is 0. The molecule has 174 valence electrons. The number of pyridine rings is 1. The first kappa shape index (κ1) is 23.4. The van der Waals surface area contributed by atoms with Gasteiger partial charge < -0.3 is 19.9 Å². The maximum absolute atomic E-state index is 12.8. The molecule has 8 heteroatoms. The molecule has 0 unspecified atom stereocenters. The smallest absolute Gasteiger partial charge is 0.251 e. The number of ketones is 1. The molecule has 0 aliphatic carbocycles. The first-order chi connectivity index (χ1) is 16.5. The lowest BCUT2D eigenvalue weighted by molar-refractivity contribution is 0.0902. The van der Waals surface area contributed by atoms with Crippen LogP contribution in [0.1, 0.15) is 26.4 Å². The van der Waals surface area contributed by atoms with Gasteiger partial charge in [-0.25, -0.2) is 4.98 Å². The highest BCUT2D eigenvalue weighted by Gasteiger charge is 2.15. The van der Waals surface area contributed by atoms with Gasteiger partial charge in [-0.1, -0.05) is 24.3 Å². The summed E-state index contributed by atoms with van der Waals surface area (Å²) >= 11 is 1.66. The predicted octanol–water partition coefficient (Wildman–Crippen LogP) is 4.26. The van der Waals surface area contributed by atoms with E-state index in [1.54, 1.807) is 35.6 Å². The Hall–Kier alpha value is -3.75. The van der Waals surface area contributed by atoms with E-state index in [1.807, 2.05) is 12.1 Å². The minimum absolute atomic E-state index is 0.114. The minimum Gasteiger partial charge on any atom is -0.493 e. The van der Waals surface area contributed by atoms with Crippen molar-refractivity contribution in [2.24, 2.45) is 0 Å². The normalized spacial score (nSPS) is 10.8. The second-order valence-electron chi connectivity index (χ2n) is 7.55. The van der Waals surface area contributed by atoms with Crippen molar-refractivity contribution in [2.45, 2.75) is 6.92 Å². The molecular formula is C26H24N2O5S. The van der Waals surface area contributed by atoms with Gasteiger partial charge in [-0.3, -0.25) is 9.59 Å². The summed E-state index contributed by atoms with van der Waals surface area (Å²) in [4.78, 5) is 29.9. The maximum Gasteiger partial charge on any atom is 0.251 e. The summed E-state index contributed by atoms with van der Waals surface area (Å²) in [5, 5.41) is 14.7. The Morgan fingerprint density at radius 3 is 2.71 bits per heavy atom. The molecule has 0 aliphatic rings. The Kier molecular flexibility index (Phi) is 7.20. The molecule has 2 aromatic carbocycles. The Bertz CT molecular complexity index is 1350. The maximum atomic E-state index is 12.8. The predicted molar refractivity (Wildman–Crippen MR) is 132 cm³/mol. The third-order valence-electron chi connectivity index (χ3n) is 5.29. The largest absolute Gasteiger partial charge is 0.493 e. The molecule has 0 aliphatic heterocycles. The molecule has 2 heterocycles. The Labute approximate surface area is 201 Å². The van der Waals surface area contributed by atoms with Gasteiger partial charge in [-0.2, -0.15) is 0 Å². The topological polar surface area (TPSA) is 97.8 Å². The molecule has 0 bridgehead atoms. The lowest BCUT2D eigenvalue weighted by Gasteiger charge is -2.11. The number of ether oxygens (including phenoxy) is 2. The highest BCUT2D eigenvalue weighted by atomic mass is 32.1. The van der Waals surface area contributed by atoms with Crippen molar-refractivity contribution in [1.82, 2.24) is 10.3 Å². The van der Waals surface area contributed by atoms with Crippen LogP contribution in [-0.4, -0.2) is 48.6 Å². The summed E-state index contributed by atoms with van der Waals surface area (Å²) < 4.78 is 11.8. The number of methoxy groups -OCH3 is 1. The molecule has 1 amide bonds. The fourth-order valence-corrected chi connectivity index (χ4v) is 4.62. The van der Waals surface area contributed by atoms with Gasteiger partial charge in [0.25, 0.3) is 5.91 Å². The molecule has 4 rings (SSSR count). The van der Waals surface area contributed by atoms with Gasteiger partial charge in [0.15, 0.2) is 17.3 Å². The summed E-state index contributed by atoms with van der Waals surface area (Å²) in [7, 11) is 1.46. The van der Waals surface area contributed by atoms with Crippen LogP contribution >= 0.6 is 11.3 Å². The molecule has 0 saturated heterocycles. The average Bonchev–Trinajstić information content (AvgIpc) is 3.31. The first-order valence-corrected chi connectivity index (χ1v) is 11.6. The summed E-state index contributed by atoms with van der Waals surface area (Å²) in [6, 6.07) is 16.1. The first-order valence-electron chi connectivity index (χ1n) is 10.7. The van der Waals surface area contributed by atoms with Crippen LogP contribution < -0.4 is 14.8 Å². The molecular weight excluding hydrogens is 452 g/mol. The van der Waals surface area contributed by atoms with E-state index >= 15 is 0 Å². The Morgan fingerprint density at radius 2 is 1.91 bits per heavy atom. The second kappa shape index (κ2) is 10.5. The van der Waals surface area contributed by atoms with Crippen molar-refractivity contribution in [3.8, 4) is 22.8 Å². The van der Waals surface area contributed by atoms with Crippen LogP contribution in [-0.2, 0) is 0 Å². The number of carbonyl (C=O) groups excluding carboxylic acids is 2. The molecule has 4 aromatic rings. The molecule has 2 N–H and O–H groups in total. The summed E-state index contributed by atoms with van der Waals surface area (Å²) in [5.41, 5.74) is 3.52. The standard InChI is InChI=1S/C26H24N2O5S/c1-16-5-3-6-18-19(15-34-25(16)18)20-7-4-8-21(28-20)22(30)14-27-26(31)17-9-10-23(33-12-11-29)24(13-17)32-2/h3-10,13,15,29H,11-12,14H2,1-2H3,(H,27,31). The number of aromatic nitrogens is 1. The molecule has 0 radical (unpaired) electrons. The zero-order valence-electron chi connectivity index (χ0n) is 18.8. The van der Waals surface area contributed by atoms with Gasteiger partial charge in [0.1, 0.15) is 12.3 Å². The third-order valence-corrected chi connectivity index (χ3v) is 6.42. The number of rotatable bonds is 9. The van der Waals surface area contributed by atoms with Gasteiger partial charge >= 0.3 is 0 Å². The number of thiophene rings is 1. The van der Waals surface area contributed by atoms with Crippen LogP contribution in [0.2, 0.25) is 0 Å². The van der Waals surface area contributed by atoms with Gasteiger partial charge in [-0.15, -0.1) is 11.3 Å². The van der Waals surface area contributed by atoms with E-state index in [4.69, 9.17) is 14.6 Å². The van der Waals surface area contributed by atoms with E-state index in [0.29, 0.717) is 17.1 Å². The number of Topliss-reactive ketones (excluding diaryl/α,β-unsaturated/α-hetero) is 1. The molecule has 7 nitrogen and oxygen atoms in total. The number of nitrogens with one attached hydrogen (secondary N) is 1. The quantitative estimate of drug-likeness (QED) is 0.350. The number of carbonyl (C=O) groups is 2. The molecule has 0 saturated carbocycles. The van der Waals surface area contributed by atoms with Gasteiger partial charge in [-0.05, 0) is 42.8 Å². The highest BCUT2D eigenvalue weighted by Crippen LogP contribution is 2.34. The van der Waals surface area contributed by atoms with Gasteiger partial charge in [0.2, 0.25) is 0 Å². The van der Waals surface area contributed by atoms with E-state index in [-0.39, 0.29) is 31.2 Å². The highest BCUT2D eigenvalue weighted by molar-refractivity contribution is 7.18. The van der Waals surface area contributed by atoms with Crippen molar-refractivity contribution >= 4 is 33.1 Å². The lowest BCUT2D eigenvalue weighted by atomic mass is 10.1. The number of benzene rings is 2. The van der Waals surface area contributed by atoms with Crippen molar-refractivity contribution < 1.29 is 24.2 Å². The van der Waals surface area contributed by atoms with E-state index in [2.05, 4.69) is 34.7 Å². The van der Waals surface area contributed by atoms with Crippen molar-refractivity contribution in [3.63, 3.8) is 0 Å². The fourth-order valence-electron chi connectivity index (χ4n) is 3.58. The van der Waals surface area contributed by atoms with E-state index < -0.39 is 5.91 Å². The van der Waals surface area contributed by atoms with Crippen LogP contribution in [0.25, 0.3) is 21.3 Å². The zero-order valence-corrected chi connectivity index (χ0v) is 19.6. The van der Waals surface area contributed by atoms with Crippen molar-refractivity contribution in [2.75, 3.05) is 26.9 Å². The van der Waals surface area contributed by atoms with Crippen LogP contribution in [0.3, 0.4) is 0 Å². The Morgan fingerprint density at radius 1 is 1.09 bits per heavy atom. The Balaban J connectivity index is 1.46. The number of aryl methyl sites for hydroxylation is 1. The lowest BCUT2D eigenvalue weighted by Crippen LogP contribution is -2.30. The third kappa shape index (κ3) is 4.93. The van der Waals surface area contributed by atoms with Crippen molar-refractivity contribution in [1.29, 1.82) is 0 Å². The summed E-state index contributed by atoms with van der Waals surface area (Å²) in [6.45, 7) is 1.86. The summed E-state index contributed by atoms with van der Waals surface area (Å²) in [5.74, 6) is 0.0676. The van der Waals surface area contributed by atoms with Crippen molar-refractivity contribution in [3.05, 3.63) is 76.8 Å². The number of fused-ring (bicyclic) bond motifs is 1. The SMILES string of the molecule is COc1cc(C(=O)NCC(=O)c2cccc(-c3csc4c(C)cccc34)n2)ccc1OCCO. The fraction of sp³-hybridized carbons (Fsp3) is 0.192. The molecule has 34 heavy (non-hydrogen) atoms. The number of nitrogens with zero attached hydrogens (tertiary/aromatic N) is 1. The van der Waals surface area contributed by atoms with Crippen LogP contribution in [0, 0.1) is 6.92 Å². The van der Waals surface area contributed by atoms with E-state index in [9.17, 15) is 9.59 Å². The molecule has 0 fully saturated rings. The molecule has 0 spiro atoms. The monoisotopic (exact) mass is 476 g/mol. The van der Waals surface area contributed by atoms with E-state index in [0.717, 1.165) is 16.6 Å². The van der Waals surface area contributed by atoms with E-state index in [1.165, 1.54) is 23.4 Å². The average molecular weight is 477 g/mol. The number of hydrogen-bond acceptors (Lipinski definition) is 7. The van der Waals surface area contributed by atoms with Gasteiger partial charge in [0.05, 0.1) is 26.0 Å². The number of aliphatic hydroxyl groups excluding tert-OH is 1. The number of hydrogen-bond donors (Lipinski definition) is 2. The minimum atomic E-state index is -0.421. The number of aliphatic hydroxyl groups is 1. The van der Waals surface area contributed by atoms with Crippen LogP contribution in [0.4, 0.5) is 0 Å². The van der Waals surface area contributed by atoms with Gasteiger partial charge in [0, 0.05) is 26.6 Å². The molecule has 2 aromatic heterocycles.